The van der Waals surface area contributed by atoms with Crippen molar-refractivity contribution >= 4 is 24.4 Å². The van der Waals surface area contributed by atoms with Gasteiger partial charge in [0.15, 0.2) is 0 Å². The molecule has 15 heteroatoms. The number of ether oxygens (including phenoxy) is 3. The fraction of sp³-hybridized carbons (Fsp3) is 0.951. The van der Waals surface area contributed by atoms with E-state index in [0.29, 0.717) is 81.2 Å². The lowest BCUT2D eigenvalue weighted by atomic mass is 9.68. The first-order valence-corrected chi connectivity index (χ1v) is 41.4. The molecule has 0 bridgehead atoms. The number of carboxylic acid groups (broad SMARTS) is 1. The molecule has 0 aromatic rings. The Morgan fingerprint density at radius 1 is 0.510 bits per heavy atom. The average Bonchev–Trinajstić information content (AvgIpc) is 1.34. The monoisotopic (exact) mass is 1360 g/mol. The third-order valence-electron chi connectivity index (χ3n) is 23.0. The predicted molar refractivity (Wildman–Crippen MR) is 397 cm³/mol. The van der Waals surface area contributed by atoms with Crippen molar-refractivity contribution in [2.75, 3.05) is 91.8 Å². The van der Waals surface area contributed by atoms with E-state index in [1.54, 1.807) is 0 Å². The summed E-state index contributed by atoms with van der Waals surface area (Å²) in [6.45, 7) is 23.3. The Bertz CT molecular complexity index is 1870. The summed E-state index contributed by atoms with van der Waals surface area (Å²) in [4.78, 5) is 71.1. The van der Waals surface area contributed by atoms with E-state index in [9.17, 15) is 29.2 Å². The zero-order chi connectivity index (χ0) is 69.4. The molecular weight excluding hydrogens is 1200 g/mol. The third-order valence-corrected chi connectivity index (χ3v) is 23.0. The van der Waals surface area contributed by atoms with Gasteiger partial charge in [0, 0.05) is 70.6 Å². The molecule has 15 nitrogen and oxygen atoms in total. The van der Waals surface area contributed by atoms with Gasteiger partial charge in [-0.3, -0.25) is 29.0 Å². The molecule has 6 unspecified atom stereocenters. The first-order chi connectivity index (χ1) is 46.9. The maximum atomic E-state index is 14.2. The summed E-state index contributed by atoms with van der Waals surface area (Å²) in [6.07, 6.45) is 54.8. The van der Waals surface area contributed by atoms with Gasteiger partial charge >= 0.3 is 17.9 Å². The minimum atomic E-state index is -0.724. The molecule has 2 N–H and O–H groups in total. The second kappa shape index (κ2) is 58.9. The molecule has 96 heavy (non-hydrogen) atoms. The van der Waals surface area contributed by atoms with E-state index in [4.69, 9.17) is 19.3 Å². The van der Waals surface area contributed by atoms with Crippen molar-refractivity contribution < 1.29 is 43.6 Å². The van der Waals surface area contributed by atoms with Crippen LogP contribution in [0.25, 0.3) is 0 Å². The normalized spacial score (nSPS) is 18.8. The maximum absolute atomic E-state index is 14.2. The van der Waals surface area contributed by atoms with Gasteiger partial charge in [0.2, 0.25) is 0 Å². The molecule has 0 spiro atoms. The van der Waals surface area contributed by atoms with Crippen LogP contribution < -0.4 is 0 Å². The van der Waals surface area contributed by atoms with Crippen LogP contribution in [0.1, 0.15) is 356 Å². The topological polar surface area (TPSA) is 179 Å². The molecule has 0 radical (unpaired) electrons. The Labute approximate surface area is 589 Å². The molecule has 3 rings (SSSR count). The van der Waals surface area contributed by atoms with Gasteiger partial charge in [-0.1, -0.05) is 200 Å². The van der Waals surface area contributed by atoms with Crippen LogP contribution in [0.5, 0.6) is 0 Å². The second-order valence-electron chi connectivity index (χ2n) is 30.9. The van der Waals surface area contributed by atoms with E-state index in [1.807, 2.05) is 0 Å². The molecule has 3 aliphatic rings. The van der Waals surface area contributed by atoms with Crippen molar-refractivity contribution in [1.29, 1.82) is 0 Å². The van der Waals surface area contributed by atoms with Crippen molar-refractivity contribution in [3.05, 3.63) is 4.91 Å². The van der Waals surface area contributed by atoms with E-state index >= 15 is 0 Å². The summed E-state index contributed by atoms with van der Waals surface area (Å²) in [5.74, 6) is 0.858. The van der Waals surface area contributed by atoms with Crippen LogP contribution in [0, 0.1) is 34.0 Å². The lowest BCUT2D eigenvalue weighted by Gasteiger charge is -2.39. The van der Waals surface area contributed by atoms with E-state index in [0.717, 1.165) is 200 Å². The Hall–Kier alpha value is -2.72. The van der Waals surface area contributed by atoms with Crippen LogP contribution in [0.15, 0.2) is 5.18 Å². The molecular formula is C81H153N5O10. The summed E-state index contributed by atoms with van der Waals surface area (Å²) in [6, 6.07) is 1.16. The summed E-state index contributed by atoms with van der Waals surface area (Å²) in [5, 5.41) is 22.3. The fourth-order valence-electron chi connectivity index (χ4n) is 16.5. The van der Waals surface area contributed by atoms with E-state index in [-0.39, 0.29) is 36.5 Å². The highest BCUT2D eigenvalue weighted by Gasteiger charge is 2.36. The number of aliphatic hydroxyl groups is 1. The third kappa shape index (κ3) is 42.5. The van der Waals surface area contributed by atoms with E-state index in [2.05, 4.69) is 59.4 Å². The maximum Gasteiger partial charge on any atom is 0.306 e. The van der Waals surface area contributed by atoms with Gasteiger partial charge in [-0.2, -0.15) is 4.91 Å². The van der Waals surface area contributed by atoms with Crippen molar-refractivity contribution in [1.82, 2.24) is 19.6 Å². The SMILES string of the molecule is CCCCCCN(CCCCCC(=O)OC(CCCCC)C(CCC1(CCCCCCC(CCCC)COC(=O)CCCCCN(CCCCCC(=O)O)CCN(CCO)C2CCCCC2)CCCCC(COC=O)CCC1)C(C)CCCCC)CCN(CCN=O)C1CCC1. The number of unbranched alkanes of at least 4 members (excludes halogenated alkanes) is 17. The van der Waals surface area contributed by atoms with Gasteiger partial charge in [-0.15, -0.1) is 0 Å². The van der Waals surface area contributed by atoms with Crippen LogP contribution in [0.2, 0.25) is 0 Å². The summed E-state index contributed by atoms with van der Waals surface area (Å²) in [5.41, 5.74) is 0.240. The first kappa shape index (κ1) is 87.5. The van der Waals surface area contributed by atoms with Gasteiger partial charge in [-0.05, 0) is 197 Å². The first-order valence-electron chi connectivity index (χ1n) is 41.4. The molecule has 0 aromatic heterocycles. The van der Waals surface area contributed by atoms with Crippen molar-refractivity contribution in [3.63, 3.8) is 0 Å². The van der Waals surface area contributed by atoms with Gasteiger partial charge in [0.25, 0.3) is 6.47 Å². The highest BCUT2D eigenvalue weighted by atomic mass is 16.5. The van der Waals surface area contributed by atoms with Gasteiger partial charge < -0.3 is 34.2 Å². The molecule has 3 aliphatic carbocycles. The minimum Gasteiger partial charge on any atom is -0.481 e. The summed E-state index contributed by atoms with van der Waals surface area (Å²) >= 11 is 0. The molecule has 0 heterocycles. The van der Waals surface area contributed by atoms with Crippen LogP contribution >= 0.6 is 0 Å². The molecule has 562 valence electrons. The smallest absolute Gasteiger partial charge is 0.306 e. The number of aliphatic carboxylic acids is 1. The lowest BCUT2D eigenvalue weighted by Crippen LogP contribution is -2.45. The zero-order valence-corrected chi connectivity index (χ0v) is 63.3. The van der Waals surface area contributed by atoms with Gasteiger partial charge in [0.05, 0.1) is 26.4 Å². The van der Waals surface area contributed by atoms with Crippen molar-refractivity contribution in [2.45, 2.75) is 374 Å². The van der Waals surface area contributed by atoms with Crippen LogP contribution in [-0.4, -0.2) is 164 Å². The van der Waals surface area contributed by atoms with Crippen LogP contribution in [0.3, 0.4) is 0 Å². The predicted octanol–water partition coefficient (Wildman–Crippen LogP) is 19.5. The van der Waals surface area contributed by atoms with Crippen molar-refractivity contribution in [2.24, 2.45) is 34.3 Å². The second-order valence-corrected chi connectivity index (χ2v) is 30.9. The Morgan fingerprint density at radius 3 is 1.62 bits per heavy atom. The molecule has 0 aliphatic heterocycles. The zero-order valence-electron chi connectivity index (χ0n) is 63.3. The van der Waals surface area contributed by atoms with Crippen LogP contribution in [-0.2, 0) is 33.4 Å². The average molecular weight is 1360 g/mol. The number of nitroso groups, excluding NO2 is 1. The minimum absolute atomic E-state index is 0.00292. The molecule has 3 saturated carbocycles. The number of hydrogen-bond acceptors (Lipinski definition) is 14. The standard InChI is InChI=1S/C81H153N5O10/c1-6-10-14-32-57-83(62-64-85(61-56-82-93)75-45-36-46-75)60-35-20-28-50-80(92)96-77(47-22-12-8-3)76(71(5)38-21-11-7-2)51-55-81(53-31-29-41-72(42-37-54-81)68-94-70-88)52-30-16-15-23-40-73(39-13-9-4)69-95-79(91)49-27-19-34-59-84(58-33-18-26-48-78(89)90)63-65-86(66-67-87)74-43-24-17-25-44-74/h70-77,87H,6-69H2,1-5H3,(H,89,90). The Balaban J connectivity index is 1.61. The summed E-state index contributed by atoms with van der Waals surface area (Å²) in [7, 11) is 0. The fourth-order valence-corrected chi connectivity index (χ4v) is 16.5. The van der Waals surface area contributed by atoms with Gasteiger partial charge in [-0.25, -0.2) is 0 Å². The summed E-state index contributed by atoms with van der Waals surface area (Å²) < 4.78 is 18.3. The largest absolute Gasteiger partial charge is 0.481 e. The molecule has 3 fully saturated rings. The highest BCUT2D eigenvalue weighted by molar-refractivity contribution is 5.69. The molecule has 0 amide bonds. The number of carboxylic acids is 1. The number of esters is 2. The molecule has 0 saturated heterocycles. The van der Waals surface area contributed by atoms with Gasteiger partial charge in [0.1, 0.15) is 6.10 Å². The lowest BCUT2D eigenvalue weighted by molar-refractivity contribution is -0.154. The number of aliphatic hydroxyl groups excluding tert-OH is 1. The Kier molecular flexibility index (Phi) is 53.7. The van der Waals surface area contributed by atoms with E-state index in [1.165, 1.54) is 161 Å². The molecule has 6 atom stereocenters. The Morgan fingerprint density at radius 2 is 1.03 bits per heavy atom. The number of carbonyl (C=O) groups is 4. The highest BCUT2D eigenvalue weighted by Crippen LogP contribution is 2.46. The molecule has 0 aromatic carbocycles. The van der Waals surface area contributed by atoms with Crippen molar-refractivity contribution in [3.8, 4) is 0 Å². The number of carbonyl (C=O) groups excluding carboxylic acids is 3. The number of hydrogen-bond donors (Lipinski definition) is 2. The van der Waals surface area contributed by atoms with Crippen LogP contribution in [0.4, 0.5) is 0 Å². The quantitative estimate of drug-likeness (QED) is 0.0193. The number of nitrogens with zero attached hydrogens (tertiary/aromatic N) is 5. The number of rotatable bonds is 65. The van der Waals surface area contributed by atoms with E-state index < -0.39 is 5.97 Å².